The summed E-state index contributed by atoms with van der Waals surface area (Å²) in [5, 5.41) is 11.2. The Hall–Kier alpha value is -3.20. The van der Waals surface area contributed by atoms with E-state index in [1.165, 1.54) is 18.9 Å². The third kappa shape index (κ3) is 3.93. The number of benzene rings is 2. The maximum Gasteiger partial charge on any atom is 0.277 e. The largest absolute Gasteiger partial charge is 0.493 e. The molecule has 0 unspecified atom stereocenters. The van der Waals surface area contributed by atoms with Gasteiger partial charge in [0.15, 0.2) is 11.5 Å². The number of methoxy groups -OCH3 is 3. The van der Waals surface area contributed by atoms with Crippen LogP contribution in [0.3, 0.4) is 0 Å². The van der Waals surface area contributed by atoms with Crippen molar-refractivity contribution in [3.63, 3.8) is 0 Å². The van der Waals surface area contributed by atoms with E-state index in [0.29, 0.717) is 40.3 Å². The lowest BCUT2D eigenvalue weighted by molar-refractivity contribution is -0.115. The van der Waals surface area contributed by atoms with Gasteiger partial charge in [-0.3, -0.25) is 4.79 Å². The predicted molar refractivity (Wildman–Crippen MR) is 112 cm³/mol. The lowest BCUT2D eigenvalue weighted by Gasteiger charge is -2.12. The van der Waals surface area contributed by atoms with Crippen LogP contribution < -0.4 is 19.5 Å². The van der Waals surface area contributed by atoms with Crippen molar-refractivity contribution >= 4 is 23.4 Å². The first kappa shape index (κ1) is 20.1. The number of fused-ring (bicyclic) bond motifs is 1. The van der Waals surface area contributed by atoms with Crippen LogP contribution in [0.1, 0.15) is 12.0 Å². The number of carbonyl (C=O) groups excluding carboxylic acids is 1. The van der Waals surface area contributed by atoms with Gasteiger partial charge in [-0.2, -0.15) is 0 Å². The Morgan fingerprint density at radius 2 is 1.80 bits per heavy atom. The Kier molecular flexibility index (Phi) is 5.80. The van der Waals surface area contributed by atoms with Crippen molar-refractivity contribution in [2.45, 2.75) is 23.3 Å². The molecule has 0 radical (unpaired) electrons. The minimum Gasteiger partial charge on any atom is -0.493 e. The van der Waals surface area contributed by atoms with Crippen molar-refractivity contribution in [2.75, 3.05) is 26.6 Å². The highest BCUT2D eigenvalue weighted by atomic mass is 32.2. The van der Waals surface area contributed by atoms with Crippen LogP contribution >= 0.6 is 11.8 Å². The highest BCUT2D eigenvalue weighted by molar-refractivity contribution is 8.00. The van der Waals surface area contributed by atoms with E-state index in [1.807, 2.05) is 24.3 Å². The van der Waals surface area contributed by atoms with Gasteiger partial charge in [-0.05, 0) is 36.6 Å². The number of nitrogens with zero attached hydrogens (tertiary/aromatic N) is 2. The summed E-state index contributed by atoms with van der Waals surface area (Å²) >= 11 is 1.26. The van der Waals surface area contributed by atoms with Crippen molar-refractivity contribution < 1.29 is 23.4 Å². The maximum atomic E-state index is 12.6. The Morgan fingerprint density at radius 1 is 1.07 bits per heavy atom. The van der Waals surface area contributed by atoms with Crippen LogP contribution in [0.15, 0.2) is 46.0 Å². The molecular weight excluding hydrogens is 406 g/mol. The van der Waals surface area contributed by atoms with Gasteiger partial charge in [0.05, 0.1) is 26.6 Å². The van der Waals surface area contributed by atoms with Gasteiger partial charge in [-0.15, -0.1) is 10.2 Å². The van der Waals surface area contributed by atoms with Crippen molar-refractivity contribution in [3.05, 3.63) is 42.0 Å². The maximum absolute atomic E-state index is 12.6. The predicted octanol–water partition coefficient (Wildman–Crippen LogP) is 3.81. The van der Waals surface area contributed by atoms with E-state index in [2.05, 4.69) is 15.5 Å². The number of thioether (sulfide) groups is 1. The average Bonchev–Trinajstić information content (AvgIpc) is 3.18. The smallest absolute Gasteiger partial charge is 0.277 e. The van der Waals surface area contributed by atoms with Crippen molar-refractivity contribution in [2.24, 2.45) is 0 Å². The minimum atomic E-state index is -0.328. The number of rotatable bonds is 6. The molecule has 3 aromatic rings. The Bertz CT molecular complexity index is 1040. The fraction of sp³-hybridized carbons (Fsp3) is 0.286. The monoisotopic (exact) mass is 427 g/mol. The zero-order valence-corrected chi connectivity index (χ0v) is 17.6. The molecule has 0 saturated heterocycles. The van der Waals surface area contributed by atoms with Crippen LogP contribution in [0.4, 0.5) is 5.69 Å². The molecule has 1 aliphatic heterocycles. The fourth-order valence-corrected chi connectivity index (χ4v) is 4.16. The molecule has 4 rings (SSSR count). The van der Waals surface area contributed by atoms with Crippen LogP contribution in [0.5, 0.6) is 17.2 Å². The number of para-hydroxylation sites is 1. The number of ether oxygens (including phenoxy) is 3. The summed E-state index contributed by atoms with van der Waals surface area (Å²) in [4.78, 5) is 12.6. The van der Waals surface area contributed by atoms with Crippen LogP contribution in [0.2, 0.25) is 0 Å². The molecule has 8 nitrogen and oxygen atoms in total. The molecule has 9 heteroatoms. The van der Waals surface area contributed by atoms with Crippen molar-refractivity contribution in [3.8, 4) is 28.7 Å². The number of anilines is 1. The van der Waals surface area contributed by atoms with Gasteiger partial charge >= 0.3 is 0 Å². The Labute approximate surface area is 177 Å². The van der Waals surface area contributed by atoms with E-state index < -0.39 is 0 Å². The number of carbonyl (C=O) groups is 1. The topological polar surface area (TPSA) is 95.7 Å². The van der Waals surface area contributed by atoms with E-state index >= 15 is 0 Å². The SMILES string of the molecule is COc1cc(-c2nnc(S[C@H]3CCc4ccccc4NC3=O)o2)cc(OC)c1OC. The number of nitrogens with one attached hydrogen (secondary N) is 1. The first-order valence-electron chi connectivity index (χ1n) is 9.32. The molecule has 1 aromatic heterocycles. The molecule has 0 saturated carbocycles. The molecule has 0 bridgehead atoms. The van der Waals surface area contributed by atoms with Gasteiger partial charge < -0.3 is 23.9 Å². The van der Waals surface area contributed by atoms with Crippen molar-refractivity contribution in [1.29, 1.82) is 0 Å². The molecule has 0 fully saturated rings. The molecule has 2 aromatic carbocycles. The van der Waals surface area contributed by atoms with Gasteiger partial charge in [-0.1, -0.05) is 30.0 Å². The zero-order valence-electron chi connectivity index (χ0n) is 16.8. The molecule has 0 aliphatic carbocycles. The summed E-state index contributed by atoms with van der Waals surface area (Å²) in [5.74, 6) is 1.68. The second-order valence-electron chi connectivity index (χ2n) is 6.58. The van der Waals surface area contributed by atoms with Gasteiger partial charge in [0.2, 0.25) is 17.5 Å². The molecule has 30 heavy (non-hydrogen) atoms. The van der Waals surface area contributed by atoms with Crippen LogP contribution in [0, 0.1) is 0 Å². The summed E-state index contributed by atoms with van der Waals surface area (Å²) in [5.41, 5.74) is 2.61. The minimum absolute atomic E-state index is 0.0718. The summed E-state index contributed by atoms with van der Waals surface area (Å²) in [6, 6.07) is 11.3. The summed E-state index contributed by atoms with van der Waals surface area (Å²) in [6.07, 6.45) is 1.47. The van der Waals surface area contributed by atoms with Gasteiger partial charge in [0, 0.05) is 11.3 Å². The highest BCUT2D eigenvalue weighted by Gasteiger charge is 2.27. The zero-order chi connectivity index (χ0) is 21.1. The normalized spacial score (nSPS) is 15.7. The van der Waals surface area contributed by atoms with Crippen LogP contribution in [-0.2, 0) is 11.2 Å². The molecule has 1 N–H and O–H groups in total. The van der Waals surface area contributed by atoms with E-state index in [4.69, 9.17) is 18.6 Å². The molecule has 1 aliphatic rings. The third-order valence-electron chi connectivity index (χ3n) is 4.80. The molecule has 0 spiro atoms. The molecule has 156 valence electrons. The molecule has 1 atom stereocenters. The molecular formula is C21H21N3O5S. The summed E-state index contributed by atoms with van der Waals surface area (Å²) in [7, 11) is 4.62. The van der Waals surface area contributed by atoms with Gasteiger partial charge in [0.1, 0.15) is 0 Å². The van der Waals surface area contributed by atoms with E-state index in [1.54, 1.807) is 26.4 Å². The van der Waals surface area contributed by atoms with Crippen LogP contribution in [0.25, 0.3) is 11.5 Å². The second kappa shape index (κ2) is 8.66. The standard InChI is InChI=1S/C21H21N3O5S/c1-26-15-10-13(11-16(27-2)18(15)28-3)20-23-24-21(29-20)30-17-9-8-12-6-4-5-7-14(12)22-19(17)25/h4-7,10-11,17H,8-9H2,1-3H3,(H,22,25)/t17-/m0/s1. The van der Waals surface area contributed by atoms with E-state index in [-0.39, 0.29) is 11.2 Å². The first-order chi connectivity index (χ1) is 14.6. The summed E-state index contributed by atoms with van der Waals surface area (Å²) < 4.78 is 21.9. The first-order valence-corrected chi connectivity index (χ1v) is 10.2. The third-order valence-corrected chi connectivity index (χ3v) is 5.91. The second-order valence-corrected chi connectivity index (χ2v) is 7.73. The highest BCUT2D eigenvalue weighted by Crippen LogP contribution is 2.41. The number of hydrogen-bond donors (Lipinski definition) is 1. The Morgan fingerprint density at radius 3 is 2.50 bits per heavy atom. The van der Waals surface area contributed by atoms with Crippen LogP contribution in [-0.4, -0.2) is 42.7 Å². The summed E-state index contributed by atoms with van der Waals surface area (Å²) in [6.45, 7) is 0. The number of amides is 1. The quantitative estimate of drug-likeness (QED) is 0.635. The fourth-order valence-electron chi connectivity index (χ4n) is 3.30. The molecule has 2 heterocycles. The number of hydrogen-bond acceptors (Lipinski definition) is 8. The average molecular weight is 427 g/mol. The number of aryl methyl sites for hydroxylation is 1. The molecule has 1 amide bonds. The number of aromatic nitrogens is 2. The van der Waals surface area contributed by atoms with Gasteiger partial charge in [-0.25, -0.2) is 0 Å². The van der Waals surface area contributed by atoms with Gasteiger partial charge in [0.25, 0.3) is 5.22 Å². The lowest BCUT2D eigenvalue weighted by Crippen LogP contribution is -2.23. The lowest BCUT2D eigenvalue weighted by atomic mass is 10.1. The van der Waals surface area contributed by atoms with Crippen molar-refractivity contribution in [1.82, 2.24) is 10.2 Å². The van der Waals surface area contributed by atoms with E-state index in [0.717, 1.165) is 17.7 Å². The van der Waals surface area contributed by atoms with E-state index in [9.17, 15) is 4.79 Å². The Balaban J connectivity index is 1.54.